The number of ether oxygens (including phenoxy) is 1. The van der Waals surface area contributed by atoms with Crippen LogP contribution < -0.4 is 4.74 Å². The first-order valence-electron chi connectivity index (χ1n) is 5.12. The van der Waals surface area contributed by atoms with E-state index < -0.39 is 10.8 Å². The predicted octanol–water partition coefficient (Wildman–Crippen LogP) is 4.52. The van der Waals surface area contributed by atoms with Crippen molar-refractivity contribution in [2.24, 2.45) is 0 Å². The topological polar surface area (TPSA) is 26.3 Å². The van der Waals surface area contributed by atoms with E-state index in [0.29, 0.717) is 21.5 Å². The van der Waals surface area contributed by atoms with E-state index in [9.17, 15) is 4.21 Å². The van der Waals surface area contributed by atoms with E-state index in [4.69, 9.17) is 27.9 Å². The maximum atomic E-state index is 11.2. The highest BCUT2D eigenvalue weighted by molar-refractivity contribution is 7.84. The Labute approximate surface area is 118 Å². The number of benzene rings is 2. The normalized spacial score (nSPS) is 12.2. The van der Waals surface area contributed by atoms with Crippen LogP contribution >= 0.6 is 23.2 Å². The third kappa shape index (κ3) is 3.25. The summed E-state index contributed by atoms with van der Waals surface area (Å²) in [6.45, 7) is 0. The second kappa shape index (κ2) is 5.74. The quantitative estimate of drug-likeness (QED) is 0.833. The van der Waals surface area contributed by atoms with Crippen LogP contribution in [0.15, 0.2) is 47.4 Å². The molecule has 0 aromatic heterocycles. The molecule has 0 aliphatic rings. The molecule has 0 aliphatic heterocycles. The molecule has 2 rings (SSSR count). The summed E-state index contributed by atoms with van der Waals surface area (Å²) in [7, 11) is -0.985. The lowest BCUT2D eigenvalue weighted by Crippen LogP contribution is -1.88. The van der Waals surface area contributed by atoms with E-state index in [2.05, 4.69) is 0 Å². The second-order valence-electron chi connectivity index (χ2n) is 3.60. The molecular formula is C13H10Cl2O2S. The number of halogens is 2. The van der Waals surface area contributed by atoms with Gasteiger partial charge in [0, 0.05) is 28.0 Å². The van der Waals surface area contributed by atoms with Gasteiger partial charge in [-0.1, -0.05) is 23.2 Å². The van der Waals surface area contributed by atoms with Crippen molar-refractivity contribution in [1.82, 2.24) is 0 Å². The Bertz CT molecular complexity index is 582. The van der Waals surface area contributed by atoms with Gasteiger partial charge in [0.05, 0.1) is 10.0 Å². The van der Waals surface area contributed by atoms with Gasteiger partial charge < -0.3 is 4.74 Å². The van der Waals surface area contributed by atoms with Gasteiger partial charge in [-0.25, -0.2) is 0 Å². The summed E-state index contributed by atoms with van der Waals surface area (Å²) < 4.78 is 16.8. The first kappa shape index (κ1) is 13.4. The molecule has 5 heteroatoms. The van der Waals surface area contributed by atoms with E-state index in [1.807, 2.05) is 0 Å². The molecular weight excluding hydrogens is 291 g/mol. The van der Waals surface area contributed by atoms with Gasteiger partial charge in [0.2, 0.25) is 0 Å². The Morgan fingerprint density at radius 2 is 1.56 bits per heavy atom. The average molecular weight is 301 g/mol. The minimum atomic E-state index is -0.985. The molecule has 0 heterocycles. The molecule has 0 radical (unpaired) electrons. The highest BCUT2D eigenvalue weighted by atomic mass is 35.5. The number of hydrogen-bond acceptors (Lipinski definition) is 2. The summed E-state index contributed by atoms with van der Waals surface area (Å²) in [5.41, 5.74) is 0. The number of hydrogen-bond donors (Lipinski definition) is 0. The summed E-state index contributed by atoms with van der Waals surface area (Å²) in [6, 6.07) is 12.1. The van der Waals surface area contributed by atoms with Crippen molar-refractivity contribution in [3.8, 4) is 11.5 Å². The summed E-state index contributed by atoms with van der Waals surface area (Å²) in [4.78, 5) is 0.761. The average Bonchev–Trinajstić information content (AvgIpc) is 2.34. The van der Waals surface area contributed by atoms with E-state index in [1.54, 1.807) is 48.7 Å². The summed E-state index contributed by atoms with van der Waals surface area (Å²) >= 11 is 11.7. The van der Waals surface area contributed by atoms with Crippen LogP contribution in [0.1, 0.15) is 0 Å². The SMILES string of the molecule is CS(=O)c1ccc(Oc2ccc(Cl)c(Cl)c2)cc1. The van der Waals surface area contributed by atoms with Gasteiger partial charge >= 0.3 is 0 Å². The van der Waals surface area contributed by atoms with Crippen molar-refractivity contribution in [2.75, 3.05) is 6.26 Å². The molecule has 2 nitrogen and oxygen atoms in total. The van der Waals surface area contributed by atoms with Crippen molar-refractivity contribution >= 4 is 34.0 Å². The molecule has 0 saturated heterocycles. The second-order valence-corrected chi connectivity index (χ2v) is 5.80. The van der Waals surface area contributed by atoms with Crippen molar-refractivity contribution in [3.05, 3.63) is 52.5 Å². The zero-order valence-corrected chi connectivity index (χ0v) is 11.9. The Kier molecular flexibility index (Phi) is 4.27. The molecule has 0 fully saturated rings. The molecule has 0 spiro atoms. The first-order chi connectivity index (χ1) is 8.56. The maximum absolute atomic E-state index is 11.2. The molecule has 94 valence electrons. The Morgan fingerprint density at radius 1 is 0.944 bits per heavy atom. The van der Waals surface area contributed by atoms with Crippen LogP contribution in [-0.2, 0) is 10.8 Å². The fourth-order valence-corrected chi connectivity index (χ4v) is 2.18. The molecule has 0 N–H and O–H groups in total. The highest BCUT2D eigenvalue weighted by Gasteiger charge is 2.03. The van der Waals surface area contributed by atoms with E-state index >= 15 is 0 Å². The predicted molar refractivity (Wildman–Crippen MR) is 75.3 cm³/mol. The van der Waals surface area contributed by atoms with Crippen LogP contribution in [0.2, 0.25) is 10.0 Å². The zero-order chi connectivity index (χ0) is 13.1. The van der Waals surface area contributed by atoms with E-state index in [0.717, 1.165) is 4.90 Å². The zero-order valence-electron chi connectivity index (χ0n) is 9.52. The standard InChI is InChI=1S/C13H10Cl2O2S/c1-18(16)11-5-2-9(3-6-11)17-10-4-7-12(14)13(15)8-10/h2-8H,1H3. The maximum Gasteiger partial charge on any atom is 0.129 e. The fraction of sp³-hybridized carbons (Fsp3) is 0.0769. The molecule has 0 saturated carbocycles. The minimum Gasteiger partial charge on any atom is -0.457 e. The Morgan fingerprint density at radius 3 is 2.11 bits per heavy atom. The molecule has 0 bridgehead atoms. The van der Waals surface area contributed by atoms with E-state index in [1.165, 1.54) is 0 Å². The Balaban J connectivity index is 2.18. The van der Waals surface area contributed by atoms with Crippen molar-refractivity contribution < 1.29 is 8.95 Å². The van der Waals surface area contributed by atoms with Gasteiger partial charge in [0.1, 0.15) is 11.5 Å². The van der Waals surface area contributed by atoms with Gasteiger partial charge in [0.25, 0.3) is 0 Å². The van der Waals surface area contributed by atoms with Crippen LogP contribution in [0.3, 0.4) is 0 Å². The van der Waals surface area contributed by atoms with Crippen molar-refractivity contribution in [1.29, 1.82) is 0 Å². The summed E-state index contributed by atoms with van der Waals surface area (Å²) in [5.74, 6) is 1.26. The molecule has 0 aliphatic carbocycles. The smallest absolute Gasteiger partial charge is 0.129 e. The van der Waals surface area contributed by atoms with Crippen LogP contribution in [-0.4, -0.2) is 10.5 Å². The van der Waals surface area contributed by atoms with Crippen molar-refractivity contribution in [2.45, 2.75) is 4.90 Å². The molecule has 2 aromatic carbocycles. The summed E-state index contributed by atoms with van der Waals surface area (Å²) in [6.07, 6.45) is 1.63. The molecule has 1 atom stereocenters. The third-order valence-electron chi connectivity index (χ3n) is 2.28. The van der Waals surface area contributed by atoms with Crippen LogP contribution in [0.4, 0.5) is 0 Å². The fourth-order valence-electron chi connectivity index (χ4n) is 1.38. The molecule has 2 aromatic rings. The summed E-state index contributed by atoms with van der Waals surface area (Å²) in [5, 5.41) is 0.932. The molecule has 0 amide bonds. The van der Waals surface area contributed by atoms with Gasteiger partial charge in [0.15, 0.2) is 0 Å². The largest absolute Gasteiger partial charge is 0.457 e. The van der Waals surface area contributed by atoms with Crippen molar-refractivity contribution in [3.63, 3.8) is 0 Å². The van der Waals surface area contributed by atoms with Gasteiger partial charge in [-0.3, -0.25) is 4.21 Å². The lowest BCUT2D eigenvalue weighted by atomic mass is 10.3. The van der Waals surface area contributed by atoms with Crippen LogP contribution in [0.5, 0.6) is 11.5 Å². The number of rotatable bonds is 3. The van der Waals surface area contributed by atoms with E-state index in [-0.39, 0.29) is 0 Å². The highest BCUT2D eigenvalue weighted by Crippen LogP contribution is 2.29. The Hall–Kier alpha value is -1.03. The lowest BCUT2D eigenvalue weighted by molar-refractivity contribution is 0.482. The van der Waals surface area contributed by atoms with Gasteiger partial charge in [-0.15, -0.1) is 0 Å². The van der Waals surface area contributed by atoms with Gasteiger partial charge in [-0.05, 0) is 36.4 Å². The van der Waals surface area contributed by atoms with Crippen LogP contribution in [0, 0.1) is 0 Å². The monoisotopic (exact) mass is 300 g/mol. The lowest BCUT2D eigenvalue weighted by Gasteiger charge is -2.07. The minimum absolute atomic E-state index is 0.445. The molecule has 1 unspecified atom stereocenters. The first-order valence-corrected chi connectivity index (χ1v) is 7.44. The molecule has 18 heavy (non-hydrogen) atoms. The van der Waals surface area contributed by atoms with Crippen LogP contribution in [0.25, 0.3) is 0 Å². The van der Waals surface area contributed by atoms with Gasteiger partial charge in [-0.2, -0.15) is 0 Å². The third-order valence-corrected chi connectivity index (χ3v) is 3.96.